The van der Waals surface area contributed by atoms with Gasteiger partial charge in [0.2, 0.25) is 0 Å². The van der Waals surface area contributed by atoms with Gasteiger partial charge < -0.3 is 5.73 Å². The molecule has 1 aromatic carbocycles. The Morgan fingerprint density at radius 3 is 2.29 bits per heavy atom. The molecule has 1 aromatic rings. The fraction of sp³-hybridized carbons (Fsp3) is 0.231. The van der Waals surface area contributed by atoms with Crippen LogP contribution < -0.4 is 5.73 Å². The van der Waals surface area contributed by atoms with Crippen LogP contribution in [0.4, 0.5) is 0 Å². The third-order valence-electron chi connectivity index (χ3n) is 1.96. The summed E-state index contributed by atoms with van der Waals surface area (Å²) < 4.78 is 0. The molecule has 0 aliphatic carbocycles. The van der Waals surface area contributed by atoms with E-state index in [0.717, 1.165) is 5.56 Å². The highest BCUT2D eigenvalue weighted by Gasteiger charge is 1.92. The van der Waals surface area contributed by atoms with E-state index in [4.69, 9.17) is 5.73 Å². The Morgan fingerprint density at radius 1 is 1.29 bits per heavy atom. The lowest BCUT2D eigenvalue weighted by Gasteiger charge is -2.00. The van der Waals surface area contributed by atoms with Crippen molar-refractivity contribution in [2.45, 2.75) is 13.8 Å². The fourth-order valence-corrected chi connectivity index (χ4v) is 1.11. The fourth-order valence-electron chi connectivity index (χ4n) is 1.11. The molecule has 0 aliphatic rings. The first-order chi connectivity index (χ1) is 6.59. The quantitative estimate of drug-likeness (QED) is 0.772. The molecule has 74 valence electrons. The van der Waals surface area contributed by atoms with E-state index in [2.05, 4.69) is 32.6 Å². The molecular weight excluding hydrogens is 170 g/mol. The SMILES string of the molecule is C=C(N)c1ccc(/C=C/C(C)C)cc1. The summed E-state index contributed by atoms with van der Waals surface area (Å²) in [6.07, 6.45) is 4.29. The number of allylic oxidation sites excluding steroid dienone is 1. The molecule has 1 rings (SSSR count). The molecule has 0 bridgehead atoms. The summed E-state index contributed by atoms with van der Waals surface area (Å²) in [6.45, 7) is 8.01. The monoisotopic (exact) mass is 187 g/mol. The zero-order valence-corrected chi connectivity index (χ0v) is 8.83. The second kappa shape index (κ2) is 4.66. The predicted molar refractivity (Wildman–Crippen MR) is 63.5 cm³/mol. The van der Waals surface area contributed by atoms with E-state index in [1.54, 1.807) is 0 Å². The van der Waals surface area contributed by atoms with Gasteiger partial charge in [-0.1, -0.05) is 56.8 Å². The Balaban J connectivity index is 2.78. The Bertz CT molecular complexity index is 331. The number of benzene rings is 1. The molecule has 1 nitrogen and oxygen atoms in total. The van der Waals surface area contributed by atoms with Crippen LogP contribution >= 0.6 is 0 Å². The minimum absolute atomic E-state index is 0.583. The topological polar surface area (TPSA) is 26.0 Å². The molecule has 2 N–H and O–H groups in total. The van der Waals surface area contributed by atoms with E-state index >= 15 is 0 Å². The molecule has 0 aromatic heterocycles. The van der Waals surface area contributed by atoms with Gasteiger partial charge in [-0.2, -0.15) is 0 Å². The van der Waals surface area contributed by atoms with E-state index in [0.29, 0.717) is 11.6 Å². The van der Waals surface area contributed by atoms with Crippen molar-refractivity contribution in [2.75, 3.05) is 0 Å². The minimum Gasteiger partial charge on any atom is -0.399 e. The lowest BCUT2D eigenvalue weighted by molar-refractivity contribution is 0.836. The molecule has 0 fully saturated rings. The van der Waals surface area contributed by atoms with E-state index in [1.165, 1.54) is 5.56 Å². The van der Waals surface area contributed by atoms with Gasteiger partial charge in [0.05, 0.1) is 0 Å². The summed E-state index contributed by atoms with van der Waals surface area (Å²) in [6, 6.07) is 8.07. The molecule has 0 atom stereocenters. The Kier molecular flexibility index (Phi) is 3.52. The average molecular weight is 187 g/mol. The Morgan fingerprint density at radius 2 is 1.86 bits per heavy atom. The second-order valence-electron chi connectivity index (χ2n) is 3.75. The van der Waals surface area contributed by atoms with Crippen molar-refractivity contribution in [1.29, 1.82) is 0 Å². The maximum atomic E-state index is 5.57. The largest absolute Gasteiger partial charge is 0.399 e. The molecule has 0 unspecified atom stereocenters. The van der Waals surface area contributed by atoms with Crippen LogP contribution in [0.5, 0.6) is 0 Å². The van der Waals surface area contributed by atoms with Gasteiger partial charge in [0.25, 0.3) is 0 Å². The van der Waals surface area contributed by atoms with Gasteiger partial charge in [-0.3, -0.25) is 0 Å². The first-order valence-corrected chi connectivity index (χ1v) is 4.82. The molecule has 14 heavy (non-hydrogen) atoms. The average Bonchev–Trinajstić information content (AvgIpc) is 2.15. The summed E-state index contributed by atoms with van der Waals surface area (Å²) >= 11 is 0. The third kappa shape index (κ3) is 3.09. The van der Waals surface area contributed by atoms with Crippen molar-refractivity contribution < 1.29 is 0 Å². The van der Waals surface area contributed by atoms with Gasteiger partial charge in [-0.05, 0) is 17.0 Å². The zero-order valence-electron chi connectivity index (χ0n) is 8.83. The van der Waals surface area contributed by atoms with E-state index in [-0.39, 0.29) is 0 Å². The van der Waals surface area contributed by atoms with Crippen LogP contribution in [0, 0.1) is 5.92 Å². The molecule has 0 saturated carbocycles. The van der Waals surface area contributed by atoms with Crippen LogP contribution in [0.2, 0.25) is 0 Å². The summed E-state index contributed by atoms with van der Waals surface area (Å²) in [5.41, 5.74) is 8.38. The highest BCUT2D eigenvalue weighted by Crippen LogP contribution is 2.11. The first kappa shape index (κ1) is 10.6. The Hall–Kier alpha value is -1.50. The van der Waals surface area contributed by atoms with E-state index in [9.17, 15) is 0 Å². The van der Waals surface area contributed by atoms with Crippen molar-refractivity contribution in [1.82, 2.24) is 0 Å². The van der Waals surface area contributed by atoms with Crippen LogP contribution in [0.15, 0.2) is 36.9 Å². The standard InChI is InChI=1S/C13H17N/c1-10(2)4-5-12-6-8-13(9-7-12)11(3)14/h4-10H,3,14H2,1-2H3/b5-4+. The van der Waals surface area contributed by atoms with Gasteiger partial charge >= 0.3 is 0 Å². The maximum Gasteiger partial charge on any atom is 0.0314 e. The number of hydrogen-bond acceptors (Lipinski definition) is 1. The highest BCUT2D eigenvalue weighted by atomic mass is 14.6. The van der Waals surface area contributed by atoms with Gasteiger partial charge in [0, 0.05) is 5.70 Å². The highest BCUT2D eigenvalue weighted by molar-refractivity contribution is 5.62. The van der Waals surface area contributed by atoms with Crippen LogP contribution in [0.1, 0.15) is 25.0 Å². The first-order valence-electron chi connectivity index (χ1n) is 4.82. The van der Waals surface area contributed by atoms with Crippen molar-refractivity contribution in [3.05, 3.63) is 48.0 Å². The van der Waals surface area contributed by atoms with Crippen molar-refractivity contribution in [2.24, 2.45) is 11.7 Å². The van der Waals surface area contributed by atoms with Crippen LogP contribution in [0.3, 0.4) is 0 Å². The second-order valence-corrected chi connectivity index (χ2v) is 3.75. The molecule has 1 heteroatoms. The summed E-state index contributed by atoms with van der Waals surface area (Å²) in [4.78, 5) is 0. The molecule has 0 radical (unpaired) electrons. The van der Waals surface area contributed by atoms with E-state index < -0.39 is 0 Å². The molecule has 0 heterocycles. The van der Waals surface area contributed by atoms with Crippen LogP contribution in [0.25, 0.3) is 11.8 Å². The summed E-state index contributed by atoms with van der Waals surface area (Å²) in [5.74, 6) is 0.583. The van der Waals surface area contributed by atoms with Gasteiger partial charge in [-0.15, -0.1) is 0 Å². The lowest BCUT2D eigenvalue weighted by Crippen LogP contribution is -1.92. The van der Waals surface area contributed by atoms with Crippen LogP contribution in [-0.4, -0.2) is 0 Å². The zero-order chi connectivity index (χ0) is 10.6. The minimum atomic E-state index is 0.583. The smallest absolute Gasteiger partial charge is 0.0314 e. The van der Waals surface area contributed by atoms with Crippen molar-refractivity contribution >= 4 is 11.8 Å². The molecular formula is C13H17N. The third-order valence-corrected chi connectivity index (χ3v) is 1.96. The molecule has 0 spiro atoms. The Labute approximate surface area is 85.9 Å². The maximum absolute atomic E-state index is 5.57. The predicted octanol–water partition coefficient (Wildman–Crippen LogP) is 3.29. The van der Waals surface area contributed by atoms with Gasteiger partial charge in [-0.25, -0.2) is 0 Å². The van der Waals surface area contributed by atoms with Crippen LogP contribution in [-0.2, 0) is 0 Å². The normalized spacial score (nSPS) is 11.1. The number of rotatable bonds is 3. The summed E-state index contributed by atoms with van der Waals surface area (Å²) in [5, 5.41) is 0. The molecule has 0 amide bonds. The van der Waals surface area contributed by atoms with Crippen molar-refractivity contribution in [3.63, 3.8) is 0 Å². The molecule has 0 aliphatic heterocycles. The van der Waals surface area contributed by atoms with Crippen molar-refractivity contribution in [3.8, 4) is 0 Å². The number of hydrogen-bond donors (Lipinski definition) is 1. The number of nitrogens with two attached hydrogens (primary N) is 1. The summed E-state index contributed by atoms with van der Waals surface area (Å²) in [7, 11) is 0. The van der Waals surface area contributed by atoms with Gasteiger partial charge in [0.1, 0.15) is 0 Å². The lowest BCUT2D eigenvalue weighted by atomic mass is 10.1. The molecule has 0 saturated heterocycles. The van der Waals surface area contributed by atoms with E-state index in [1.807, 2.05) is 24.3 Å². The van der Waals surface area contributed by atoms with Gasteiger partial charge in [0.15, 0.2) is 0 Å².